The van der Waals surface area contributed by atoms with Crippen LogP contribution < -0.4 is 15.6 Å². The van der Waals surface area contributed by atoms with Crippen molar-refractivity contribution in [2.75, 3.05) is 0 Å². The molecule has 0 aliphatic carbocycles. The first kappa shape index (κ1) is 19.6. The summed E-state index contributed by atoms with van der Waals surface area (Å²) < 4.78 is 5.63. The van der Waals surface area contributed by atoms with Gasteiger partial charge in [0.25, 0.3) is 11.8 Å². The lowest BCUT2D eigenvalue weighted by atomic mass is 10.1. The first-order valence-corrected chi connectivity index (χ1v) is 9.71. The van der Waals surface area contributed by atoms with E-state index < -0.39 is 5.91 Å². The predicted octanol–water partition coefficient (Wildman–Crippen LogP) is 3.98. The number of hydrogen-bond donors (Lipinski definition) is 2. The predicted molar refractivity (Wildman–Crippen MR) is 109 cm³/mol. The van der Waals surface area contributed by atoms with Crippen molar-refractivity contribution < 1.29 is 14.3 Å². The van der Waals surface area contributed by atoms with E-state index >= 15 is 0 Å². The molecular formula is C21H21N3O3S. The number of carbonyl (C=O) groups is 2. The second kappa shape index (κ2) is 8.67. The van der Waals surface area contributed by atoms with Crippen molar-refractivity contribution in [1.82, 2.24) is 15.8 Å². The Bertz CT molecular complexity index is 981. The molecule has 0 fully saturated rings. The molecule has 3 rings (SSSR count). The number of thiazole rings is 1. The van der Waals surface area contributed by atoms with Crippen LogP contribution in [-0.2, 0) is 0 Å². The van der Waals surface area contributed by atoms with Gasteiger partial charge >= 0.3 is 0 Å². The summed E-state index contributed by atoms with van der Waals surface area (Å²) in [6, 6.07) is 14.7. The van der Waals surface area contributed by atoms with E-state index in [0.717, 1.165) is 16.9 Å². The standard InChI is InChI=1S/C21H21N3O3S/c1-13(2)27-16-10-8-15(9-11-16)21-22-18(12-28-21)20(26)24-23-19(25)17-7-5-4-6-14(17)3/h4-13H,1-3H3,(H,23,25)(H,24,26). The monoisotopic (exact) mass is 395 g/mol. The molecule has 2 aromatic carbocycles. The number of carbonyl (C=O) groups excluding carboxylic acids is 2. The number of rotatable bonds is 5. The molecule has 0 radical (unpaired) electrons. The molecule has 2 amide bonds. The Balaban J connectivity index is 1.62. The number of nitrogens with one attached hydrogen (secondary N) is 2. The summed E-state index contributed by atoms with van der Waals surface area (Å²) in [6.45, 7) is 5.77. The molecule has 6 nitrogen and oxygen atoms in total. The Morgan fingerprint density at radius 2 is 1.68 bits per heavy atom. The van der Waals surface area contributed by atoms with E-state index in [2.05, 4.69) is 15.8 Å². The normalized spacial score (nSPS) is 10.6. The van der Waals surface area contributed by atoms with Gasteiger partial charge in [-0.1, -0.05) is 18.2 Å². The highest BCUT2D eigenvalue weighted by atomic mass is 32.1. The molecule has 0 unspecified atom stereocenters. The average Bonchev–Trinajstić information content (AvgIpc) is 3.16. The van der Waals surface area contributed by atoms with Gasteiger partial charge < -0.3 is 4.74 Å². The van der Waals surface area contributed by atoms with E-state index in [-0.39, 0.29) is 17.7 Å². The minimum Gasteiger partial charge on any atom is -0.491 e. The number of aromatic nitrogens is 1. The molecule has 0 aliphatic rings. The molecule has 2 N–H and O–H groups in total. The van der Waals surface area contributed by atoms with Crippen molar-refractivity contribution in [2.45, 2.75) is 26.9 Å². The maximum atomic E-state index is 12.3. The van der Waals surface area contributed by atoms with Gasteiger partial charge in [0.2, 0.25) is 0 Å². The van der Waals surface area contributed by atoms with E-state index in [1.54, 1.807) is 17.5 Å². The van der Waals surface area contributed by atoms with Crippen LogP contribution in [0.25, 0.3) is 10.6 Å². The summed E-state index contributed by atoms with van der Waals surface area (Å²) in [6.07, 6.45) is 0.107. The topological polar surface area (TPSA) is 80.3 Å². The molecule has 0 saturated carbocycles. The number of aryl methyl sites for hydroxylation is 1. The van der Waals surface area contributed by atoms with Crippen LogP contribution in [0.1, 0.15) is 40.3 Å². The van der Waals surface area contributed by atoms with E-state index in [1.165, 1.54) is 11.3 Å². The lowest BCUT2D eigenvalue weighted by Gasteiger charge is -2.09. The van der Waals surface area contributed by atoms with E-state index in [0.29, 0.717) is 10.6 Å². The summed E-state index contributed by atoms with van der Waals surface area (Å²) >= 11 is 1.36. The molecule has 0 spiro atoms. The molecule has 28 heavy (non-hydrogen) atoms. The summed E-state index contributed by atoms with van der Waals surface area (Å²) in [5, 5.41) is 2.37. The van der Waals surface area contributed by atoms with Crippen molar-refractivity contribution in [3.63, 3.8) is 0 Å². The van der Waals surface area contributed by atoms with Gasteiger partial charge in [-0.2, -0.15) is 0 Å². The highest BCUT2D eigenvalue weighted by molar-refractivity contribution is 7.13. The minimum absolute atomic E-state index is 0.107. The van der Waals surface area contributed by atoms with E-state index in [9.17, 15) is 9.59 Å². The van der Waals surface area contributed by atoms with Crippen LogP contribution in [0.4, 0.5) is 0 Å². The Kier molecular flexibility index (Phi) is 6.06. The van der Waals surface area contributed by atoms with Gasteiger partial charge in [0.05, 0.1) is 6.10 Å². The maximum Gasteiger partial charge on any atom is 0.289 e. The van der Waals surface area contributed by atoms with Crippen LogP contribution in [0.15, 0.2) is 53.9 Å². The molecular weight excluding hydrogens is 374 g/mol. The molecule has 0 bridgehead atoms. The lowest BCUT2D eigenvalue weighted by molar-refractivity contribution is 0.0844. The first-order chi connectivity index (χ1) is 13.4. The van der Waals surface area contributed by atoms with E-state index in [1.807, 2.05) is 57.2 Å². The largest absolute Gasteiger partial charge is 0.491 e. The van der Waals surface area contributed by atoms with Gasteiger partial charge in [-0.3, -0.25) is 20.4 Å². The first-order valence-electron chi connectivity index (χ1n) is 8.83. The highest BCUT2D eigenvalue weighted by Gasteiger charge is 2.14. The zero-order valence-electron chi connectivity index (χ0n) is 15.9. The number of hydrazine groups is 1. The number of benzene rings is 2. The van der Waals surface area contributed by atoms with Crippen LogP contribution in [0, 0.1) is 6.92 Å². The molecule has 1 heterocycles. The van der Waals surface area contributed by atoms with Gasteiger partial charge in [0.15, 0.2) is 0 Å². The molecule has 0 aliphatic heterocycles. The second-order valence-corrected chi connectivity index (χ2v) is 7.31. The minimum atomic E-state index is -0.468. The van der Waals surface area contributed by atoms with Crippen molar-refractivity contribution >= 4 is 23.2 Å². The fraction of sp³-hybridized carbons (Fsp3) is 0.190. The molecule has 3 aromatic rings. The average molecular weight is 395 g/mol. The Hall–Kier alpha value is -3.19. The maximum absolute atomic E-state index is 12.3. The summed E-state index contributed by atoms with van der Waals surface area (Å²) in [5.41, 5.74) is 7.30. The number of nitrogens with zero attached hydrogens (tertiary/aromatic N) is 1. The SMILES string of the molecule is Cc1ccccc1C(=O)NNC(=O)c1csc(-c2ccc(OC(C)C)cc2)n1. The fourth-order valence-corrected chi connectivity index (χ4v) is 3.34. The Morgan fingerprint density at radius 3 is 2.36 bits per heavy atom. The zero-order valence-corrected chi connectivity index (χ0v) is 16.7. The Labute approximate surface area is 167 Å². The van der Waals surface area contributed by atoms with Crippen molar-refractivity contribution in [3.05, 3.63) is 70.7 Å². The van der Waals surface area contributed by atoms with Gasteiger partial charge in [-0.05, 0) is 56.7 Å². The third-order valence-corrected chi connectivity index (χ3v) is 4.78. The van der Waals surface area contributed by atoms with Crippen LogP contribution >= 0.6 is 11.3 Å². The van der Waals surface area contributed by atoms with Crippen LogP contribution in [0.2, 0.25) is 0 Å². The lowest BCUT2D eigenvalue weighted by Crippen LogP contribution is -2.42. The van der Waals surface area contributed by atoms with Gasteiger partial charge in [-0.15, -0.1) is 11.3 Å². The van der Waals surface area contributed by atoms with Gasteiger partial charge in [0.1, 0.15) is 16.5 Å². The molecule has 144 valence electrons. The highest BCUT2D eigenvalue weighted by Crippen LogP contribution is 2.26. The third kappa shape index (κ3) is 4.75. The fourth-order valence-electron chi connectivity index (χ4n) is 2.53. The Morgan fingerprint density at radius 1 is 1.00 bits per heavy atom. The van der Waals surface area contributed by atoms with Gasteiger partial charge in [0, 0.05) is 16.5 Å². The number of hydrogen-bond acceptors (Lipinski definition) is 5. The van der Waals surface area contributed by atoms with Gasteiger partial charge in [-0.25, -0.2) is 4.98 Å². The third-order valence-electron chi connectivity index (χ3n) is 3.89. The molecule has 7 heteroatoms. The summed E-state index contributed by atoms with van der Waals surface area (Å²) in [4.78, 5) is 28.8. The van der Waals surface area contributed by atoms with Crippen LogP contribution in [0.5, 0.6) is 5.75 Å². The summed E-state index contributed by atoms with van der Waals surface area (Å²) in [5.74, 6) is -0.0565. The molecule has 1 aromatic heterocycles. The van der Waals surface area contributed by atoms with E-state index in [4.69, 9.17) is 4.74 Å². The molecule has 0 saturated heterocycles. The zero-order chi connectivity index (χ0) is 20.1. The number of amides is 2. The van der Waals surface area contributed by atoms with Crippen molar-refractivity contribution in [2.24, 2.45) is 0 Å². The second-order valence-electron chi connectivity index (χ2n) is 6.45. The van der Waals surface area contributed by atoms with Crippen molar-refractivity contribution in [3.8, 4) is 16.3 Å². The van der Waals surface area contributed by atoms with Crippen molar-refractivity contribution in [1.29, 1.82) is 0 Å². The van der Waals surface area contributed by atoms with Crippen LogP contribution in [0.3, 0.4) is 0 Å². The smallest absolute Gasteiger partial charge is 0.289 e. The molecule has 0 atom stereocenters. The number of ether oxygens (including phenoxy) is 1. The summed E-state index contributed by atoms with van der Waals surface area (Å²) in [7, 11) is 0. The van der Waals surface area contributed by atoms with Crippen LogP contribution in [-0.4, -0.2) is 22.9 Å². The quantitative estimate of drug-likeness (QED) is 0.641.